The van der Waals surface area contributed by atoms with Crippen molar-refractivity contribution in [3.8, 4) is 44.9 Å². The van der Waals surface area contributed by atoms with E-state index in [1.807, 2.05) is 30.6 Å². The number of pyridine rings is 2. The molecule has 0 saturated heterocycles. The SMILES string of the molecule is Cc1ccnc(-c2cccc(-c3ncnc(-c4cc5ncccc5c5ccc(-c6ccccc6)cc45)c3C)c2)c1. The third kappa shape index (κ3) is 4.20. The molecule has 3 heterocycles. The van der Waals surface area contributed by atoms with Gasteiger partial charge in [0, 0.05) is 40.0 Å². The summed E-state index contributed by atoms with van der Waals surface area (Å²) in [6.07, 6.45) is 5.37. The van der Waals surface area contributed by atoms with Crippen LogP contribution in [0.4, 0.5) is 0 Å². The summed E-state index contributed by atoms with van der Waals surface area (Å²) in [6, 6.07) is 36.0. The van der Waals surface area contributed by atoms with Crippen molar-refractivity contribution in [2.75, 3.05) is 0 Å². The lowest BCUT2D eigenvalue weighted by Crippen LogP contribution is -1.97. The maximum Gasteiger partial charge on any atom is 0.116 e. The molecule has 3 aromatic heterocycles. The van der Waals surface area contributed by atoms with Crippen LogP contribution in [-0.4, -0.2) is 19.9 Å². The monoisotopic (exact) mass is 514 g/mol. The molecular weight excluding hydrogens is 488 g/mol. The first-order chi connectivity index (χ1) is 19.7. The summed E-state index contributed by atoms with van der Waals surface area (Å²) in [4.78, 5) is 18.9. The summed E-state index contributed by atoms with van der Waals surface area (Å²) in [6.45, 7) is 4.19. The molecular formula is C36H26N4. The molecule has 190 valence electrons. The molecule has 0 saturated carbocycles. The van der Waals surface area contributed by atoms with Crippen molar-refractivity contribution in [1.82, 2.24) is 19.9 Å². The Morgan fingerprint density at radius 1 is 0.475 bits per heavy atom. The first-order valence-corrected chi connectivity index (χ1v) is 13.4. The van der Waals surface area contributed by atoms with E-state index in [4.69, 9.17) is 15.0 Å². The van der Waals surface area contributed by atoms with Crippen molar-refractivity contribution in [3.05, 3.63) is 133 Å². The van der Waals surface area contributed by atoms with Gasteiger partial charge in [-0.2, -0.15) is 0 Å². The van der Waals surface area contributed by atoms with E-state index in [0.717, 1.165) is 61.0 Å². The number of aryl methyl sites for hydroxylation is 1. The Bertz CT molecular complexity index is 2030. The van der Waals surface area contributed by atoms with Gasteiger partial charge in [-0.15, -0.1) is 0 Å². The van der Waals surface area contributed by atoms with Gasteiger partial charge >= 0.3 is 0 Å². The van der Waals surface area contributed by atoms with Crippen LogP contribution in [-0.2, 0) is 0 Å². The predicted molar refractivity (Wildman–Crippen MR) is 164 cm³/mol. The Hall–Kier alpha value is -5.22. The van der Waals surface area contributed by atoms with E-state index in [0.29, 0.717) is 0 Å². The van der Waals surface area contributed by atoms with Crippen LogP contribution in [0.2, 0.25) is 0 Å². The van der Waals surface area contributed by atoms with Gasteiger partial charge < -0.3 is 0 Å². The predicted octanol–water partition coefficient (Wildman–Crippen LogP) is 8.86. The fourth-order valence-corrected chi connectivity index (χ4v) is 5.52. The lowest BCUT2D eigenvalue weighted by atomic mass is 9.92. The third-order valence-corrected chi connectivity index (χ3v) is 7.51. The molecule has 0 aliphatic carbocycles. The normalized spacial score (nSPS) is 11.2. The van der Waals surface area contributed by atoms with Crippen LogP contribution in [0.1, 0.15) is 11.1 Å². The molecule has 7 rings (SSSR count). The number of benzene rings is 4. The summed E-state index contributed by atoms with van der Waals surface area (Å²) in [5.74, 6) is 0. The topological polar surface area (TPSA) is 51.6 Å². The van der Waals surface area contributed by atoms with Crippen molar-refractivity contribution in [2.45, 2.75) is 13.8 Å². The number of hydrogen-bond donors (Lipinski definition) is 0. The van der Waals surface area contributed by atoms with Gasteiger partial charge in [-0.05, 0) is 77.7 Å². The summed E-state index contributed by atoms with van der Waals surface area (Å²) < 4.78 is 0. The maximum atomic E-state index is 4.83. The molecule has 0 unspecified atom stereocenters. The second-order valence-corrected chi connectivity index (χ2v) is 10.1. The minimum atomic E-state index is 0.909. The van der Waals surface area contributed by atoms with Crippen molar-refractivity contribution < 1.29 is 0 Å². The average molecular weight is 515 g/mol. The van der Waals surface area contributed by atoms with E-state index in [1.165, 1.54) is 16.7 Å². The molecule has 0 aliphatic heterocycles. The fourth-order valence-electron chi connectivity index (χ4n) is 5.52. The van der Waals surface area contributed by atoms with Gasteiger partial charge in [0.1, 0.15) is 6.33 Å². The molecule has 0 aliphatic rings. The van der Waals surface area contributed by atoms with E-state index in [-0.39, 0.29) is 0 Å². The molecule has 4 aromatic carbocycles. The lowest BCUT2D eigenvalue weighted by Gasteiger charge is -2.15. The molecule has 0 amide bonds. The average Bonchev–Trinajstić information content (AvgIpc) is 3.01. The Morgan fingerprint density at radius 3 is 2.17 bits per heavy atom. The number of rotatable bonds is 4. The zero-order chi connectivity index (χ0) is 27.1. The highest BCUT2D eigenvalue weighted by Gasteiger charge is 2.17. The number of aromatic nitrogens is 4. The highest BCUT2D eigenvalue weighted by atomic mass is 14.8. The van der Waals surface area contributed by atoms with Crippen LogP contribution in [0, 0.1) is 13.8 Å². The van der Waals surface area contributed by atoms with E-state index in [1.54, 1.807) is 6.33 Å². The van der Waals surface area contributed by atoms with Crippen molar-refractivity contribution in [1.29, 1.82) is 0 Å². The number of nitrogens with zero attached hydrogens (tertiary/aromatic N) is 4. The van der Waals surface area contributed by atoms with Crippen molar-refractivity contribution in [3.63, 3.8) is 0 Å². The summed E-state index contributed by atoms with van der Waals surface area (Å²) in [5, 5.41) is 3.44. The van der Waals surface area contributed by atoms with E-state index < -0.39 is 0 Å². The van der Waals surface area contributed by atoms with Gasteiger partial charge in [0.25, 0.3) is 0 Å². The quantitative estimate of drug-likeness (QED) is 0.220. The molecule has 4 heteroatoms. The largest absolute Gasteiger partial charge is 0.256 e. The van der Waals surface area contributed by atoms with Crippen LogP contribution >= 0.6 is 0 Å². The van der Waals surface area contributed by atoms with Crippen molar-refractivity contribution in [2.24, 2.45) is 0 Å². The summed E-state index contributed by atoms with van der Waals surface area (Å²) >= 11 is 0. The molecule has 0 N–H and O–H groups in total. The maximum absolute atomic E-state index is 4.83. The second-order valence-electron chi connectivity index (χ2n) is 10.1. The van der Waals surface area contributed by atoms with Crippen LogP contribution in [0.15, 0.2) is 122 Å². The Labute approximate surface area is 233 Å². The zero-order valence-corrected chi connectivity index (χ0v) is 22.3. The van der Waals surface area contributed by atoms with Crippen LogP contribution in [0.3, 0.4) is 0 Å². The first-order valence-electron chi connectivity index (χ1n) is 13.4. The van der Waals surface area contributed by atoms with Crippen LogP contribution < -0.4 is 0 Å². The fraction of sp³-hybridized carbons (Fsp3) is 0.0556. The number of fused-ring (bicyclic) bond motifs is 3. The van der Waals surface area contributed by atoms with Crippen LogP contribution in [0.5, 0.6) is 0 Å². The molecule has 0 radical (unpaired) electrons. The standard InChI is InChI=1S/C36H26N4/c1-23-15-17-38-33(18-23)27-10-6-11-28(19-27)35-24(2)36(40-22-39-35)32-21-34-30(12-7-16-37-34)29-14-13-26(20-31(29)32)25-8-4-3-5-9-25/h3-22H,1-2H3. The minimum absolute atomic E-state index is 0.909. The summed E-state index contributed by atoms with van der Waals surface area (Å²) in [7, 11) is 0. The summed E-state index contributed by atoms with van der Waals surface area (Å²) in [5.41, 5.74) is 11.4. The highest BCUT2D eigenvalue weighted by molar-refractivity contribution is 6.13. The lowest BCUT2D eigenvalue weighted by molar-refractivity contribution is 1.14. The van der Waals surface area contributed by atoms with Crippen molar-refractivity contribution >= 4 is 21.7 Å². The van der Waals surface area contributed by atoms with Gasteiger partial charge in [-0.25, -0.2) is 9.97 Å². The smallest absolute Gasteiger partial charge is 0.116 e. The van der Waals surface area contributed by atoms with E-state index >= 15 is 0 Å². The first kappa shape index (κ1) is 23.9. The van der Waals surface area contributed by atoms with Gasteiger partial charge in [0.2, 0.25) is 0 Å². The Morgan fingerprint density at radius 2 is 1.30 bits per heavy atom. The van der Waals surface area contributed by atoms with E-state index in [2.05, 4.69) is 104 Å². The van der Waals surface area contributed by atoms with Gasteiger partial charge in [-0.3, -0.25) is 9.97 Å². The van der Waals surface area contributed by atoms with Crippen LogP contribution in [0.25, 0.3) is 66.6 Å². The Kier molecular flexibility index (Phi) is 5.86. The molecule has 40 heavy (non-hydrogen) atoms. The molecule has 0 bridgehead atoms. The molecule has 4 nitrogen and oxygen atoms in total. The second kappa shape index (κ2) is 9.83. The molecule has 7 aromatic rings. The minimum Gasteiger partial charge on any atom is -0.256 e. The molecule has 0 fully saturated rings. The highest BCUT2D eigenvalue weighted by Crippen LogP contribution is 2.38. The van der Waals surface area contributed by atoms with Gasteiger partial charge in [0.05, 0.1) is 22.6 Å². The zero-order valence-electron chi connectivity index (χ0n) is 22.3. The molecule has 0 spiro atoms. The Balaban J connectivity index is 1.44. The van der Waals surface area contributed by atoms with Gasteiger partial charge in [0.15, 0.2) is 0 Å². The van der Waals surface area contributed by atoms with Gasteiger partial charge in [-0.1, -0.05) is 66.7 Å². The molecule has 0 atom stereocenters. The number of hydrogen-bond acceptors (Lipinski definition) is 4. The third-order valence-electron chi connectivity index (χ3n) is 7.51. The van der Waals surface area contributed by atoms with E-state index in [9.17, 15) is 0 Å².